The fraction of sp³-hybridized carbons (Fsp3) is 0.0333. The summed E-state index contributed by atoms with van der Waals surface area (Å²) in [4.78, 5) is 13.3. The summed E-state index contributed by atoms with van der Waals surface area (Å²) in [5, 5.41) is 9.26. The predicted molar refractivity (Wildman–Crippen MR) is 148 cm³/mol. The fourth-order valence-electron chi connectivity index (χ4n) is 4.62. The van der Waals surface area contributed by atoms with Gasteiger partial charge in [-0.2, -0.15) is 9.49 Å². The largest absolute Gasteiger partial charge is 0.487 e. The van der Waals surface area contributed by atoms with E-state index in [0.717, 1.165) is 66.1 Å². The van der Waals surface area contributed by atoms with Crippen LogP contribution in [-0.2, 0) is 6.61 Å². The topological polar surface area (TPSA) is 79.5 Å². The van der Waals surface area contributed by atoms with Crippen LogP contribution in [0.3, 0.4) is 0 Å². The Morgan fingerprint density at radius 1 is 0.842 bits per heavy atom. The molecule has 0 spiro atoms. The number of fused-ring (bicyclic) bond motifs is 2. The minimum absolute atomic E-state index is 0.199. The molecule has 0 aliphatic rings. The number of halogens is 1. The molecule has 0 fully saturated rings. The van der Waals surface area contributed by atoms with Crippen LogP contribution in [0, 0.1) is 5.13 Å². The molecule has 8 heteroatoms. The van der Waals surface area contributed by atoms with E-state index < -0.39 is 0 Å². The first-order chi connectivity index (χ1) is 18.7. The van der Waals surface area contributed by atoms with Crippen molar-refractivity contribution in [2.75, 3.05) is 0 Å². The summed E-state index contributed by atoms with van der Waals surface area (Å²) in [5.74, 6) is 0.687. The second-order valence-corrected chi connectivity index (χ2v) is 9.96. The molecule has 0 saturated heterocycles. The summed E-state index contributed by atoms with van der Waals surface area (Å²) in [5.41, 5.74) is 7.18. The van der Waals surface area contributed by atoms with Gasteiger partial charge >= 0.3 is 0 Å². The van der Waals surface area contributed by atoms with Crippen molar-refractivity contribution in [2.45, 2.75) is 6.61 Å². The molecule has 0 aliphatic carbocycles. The standard InChI is InChI=1S/C30H20FN5OS/c31-28-10-9-27(38-28)22-7-4-8-25-23(22)13-26(34-25)29-24-12-20(15-33-30(24)36-35-29)19-11-21(16-32-14-19)37-17-18-5-2-1-3-6-18/h1-16,34H,17H2,(H,33,35,36). The van der Waals surface area contributed by atoms with Crippen LogP contribution in [0.1, 0.15) is 5.56 Å². The van der Waals surface area contributed by atoms with Crippen molar-refractivity contribution < 1.29 is 9.13 Å². The fourth-order valence-corrected chi connectivity index (χ4v) is 5.39. The van der Waals surface area contributed by atoms with Crippen molar-refractivity contribution in [3.05, 3.63) is 108 Å². The molecule has 0 atom stereocenters. The van der Waals surface area contributed by atoms with Gasteiger partial charge in [-0.1, -0.05) is 42.5 Å². The van der Waals surface area contributed by atoms with Gasteiger partial charge in [-0.3, -0.25) is 10.1 Å². The summed E-state index contributed by atoms with van der Waals surface area (Å²) in [6, 6.07) is 25.4. The van der Waals surface area contributed by atoms with Gasteiger partial charge in [0.1, 0.15) is 12.4 Å². The Bertz CT molecular complexity index is 1910. The van der Waals surface area contributed by atoms with Crippen LogP contribution in [0.2, 0.25) is 0 Å². The van der Waals surface area contributed by atoms with E-state index in [2.05, 4.69) is 37.3 Å². The Labute approximate surface area is 220 Å². The Morgan fingerprint density at radius 3 is 2.61 bits per heavy atom. The van der Waals surface area contributed by atoms with Gasteiger partial charge < -0.3 is 9.72 Å². The van der Waals surface area contributed by atoms with Gasteiger partial charge in [0.2, 0.25) is 0 Å². The third kappa shape index (κ3) is 4.10. The van der Waals surface area contributed by atoms with E-state index in [-0.39, 0.29) is 5.13 Å². The number of rotatable bonds is 6. The molecule has 5 aromatic heterocycles. The Kier molecular flexibility index (Phi) is 5.44. The summed E-state index contributed by atoms with van der Waals surface area (Å²) in [7, 11) is 0. The molecule has 5 heterocycles. The van der Waals surface area contributed by atoms with Crippen LogP contribution in [0.15, 0.2) is 97.5 Å². The predicted octanol–water partition coefficient (Wildman–Crippen LogP) is 7.61. The highest BCUT2D eigenvalue weighted by Gasteiger charge is 2.15. The van der Waals surface area contributed by atoms with Crippen molar-refractivity contribution in [3.8, 4) is 38.7 Å². The maximum Gasteiger partial charge on any atom is 0.181 e. The summed E-state index contributed by atoms with van der Waals surface area (Å²) in [6.45, 7) is 0.468. The van der Waals surface area contributed by atoms with Crippen molar-refractivity contribution >= 4 is 33.3 Å². The number of aromatic nitrogens is 5. The zero-order chi connectivity index (χ0) is 25.5. The quantitative estimate of drug-likeness (QED) is 0.238. The monoisotopic (exact) mass is 517 g/mol. The Balaban J connectivity index is 1.24. The first-order valence-electron chi connectivity index (χ1n) is 12.1. The minimum atomic E-state index is -0.199. The molecule has 6 nitrogen and oxygen atoms in total. The number of pyridine rings is 2. The number of H-pyrrole nitrogens is 2. The van der Waals surface area contributed by atoms with Crippen LogP contribution in [0.4, 0.5) is 4.39 Å². The van der Waals surface area contributed by atoms with Gasteiger partial charge in [0.15, 0.2) is 10.8 Å². The number of nitrogens with one attached hydrogen (secondary N) is 2. The Hall–Kier alpha value is -4.82. The summed E-state index contributed by atoms with van der Waals surface area (Å²) >= 11 is 1.14. The number of hydrogen-bond acceptors (Lipinski definition) is 5. The lowest BCUT2D eigenvalue weighted by molar-refractivity contribution is 0.305. The molecule has 0 aliphatic heterocycles. The number of nitrogens with zero attached hydrogens (tertiary/aromatic N) is 3. The van der Waals surface area contributed by atoms with Gasteiger partial charge in [-0.05, 0) is 42.0 Å². The zero-order valence-corrected chi connectivity index (χ0v) is 20.8. The second kappa shape index (κ2) is 9.24. The van der Waals surface area contributed by atoms with Gasteiger partial charge in [-0.15, -0.1) is 11.3 Å². The molecule has 2 aromatic carbocycles. The van der Waals surface area contributed by atoms with E-state index >= 15 is 0 Å². The molecule has 2 N–H and O–H groups in total. The summed E-state index contributed by atoms with van der Waals surface area (Å²) in [6.07, 6.45) is 5.30. The van der Waals surface area contributed by atoms with Gasteiger partial charge in [0.05, 0.1) is 17.6 Å². The number of benzene rings is 2. The molecular formula is C30H20FN5OS. The lowest BCUT2D eigenvalue weighted by atomic mass is 10.1. The Morgan fingerprint density at radius 2 is 1.74 bits per heavy atom. The van der Waals surface area contributed by atoms with Crippen LogP contribution in [0.5, 0.6) is 5.75 Å². The van der Waals surface area contributed by atoms with E-state index in [1.165, 1.54) is 6.07 Å². The second-order valence-electron chi connectivity index (χ2n) is 8.93. The van der Waals surface area contributed by atoms with Gasteiger partial charge in [0, 0.05) is 50.3 Å². The van der Waals surface area contributed by atoms with Crippen molar-refractivity contribution in [3.63, 3.8) is 0 Å². The number of hydrogen-bond donors (Lipinski definition) is 2. The number of aromatic amines is 2. The molecule has 7 aromatic rings. The van der Waals surface area contributed by atoms with Crippen molar-refractivity contribution in [1.82, 2.24) is 25.1 Å². The minimum Gasteiger partial charge on any atom is -0.487 e. The smallest absolute Gasteiger partial charge is 0.181 e. The molecule has 0 amide bonds. The molecule has 7 rings (SSSR count). The van der Waals surface area contributed by atoms with Crippen LogP contribution < -0.4 is 4.74 Å². The van der Waals surface area contributed by atoms with E-state index in [9.17, 15) is 4.39 Å². The van der Waals surface area contributed by atoms with Crippen LogP contribution in [-0.4, -0.2) is 25.1 Å². The molecule has 38 heavy (non-hydrogen) atoms. The lowest BCUT2D eigenvalue weighted by Gasteiger charge is -2.08. The van der Waals surface area contributed by atoms with Crippen molar-refractivity contribution in [1.29, 1.82) is 0 Å². The molecular weight excluding hydrogens is 497 g/mol. The first kappa shape index (κ1) is 22.4. The SMILES string of the molecule is Fc1ccc(-c2cccc3[nH]c(-c4[nH]nc5ncc(-c6cncc(OCc7ccccc7)c6)cc45)cc23)s1. The molecule has 0 unspecified atom stereocenters. The first-order valence-corrected chi connectivity index (χ1v) is 12.9. The van der Waals surface area contributed by atoms with Gasteiger partial charge in [0.25, 0.3) is 0 Å². The molecule has 0 bridgehead atoms. The maximum absolute atomic E-state index is 13.7. The average molecular weight is 518 g/mol. The van der Waals surface area contributed by atoms with E-state index in [0.29, 0.717) is 18.0 Å². The molecule has 0 radical (unpaired) electrons. The summed E-state index contributed by atoms with van der Waals surface area (Å²) < 4.78 is 19.7. The molecule has 0 saturated carbocycles. The number of thiophene rings is 1. The highest BCUT2D eigenvalue weighted by atomic mass is 32.1. The van der Waals surface area contributed by atoms with Crippen LogP contribution >= 0.6 is 11.3 Å². The van der Waals surface area contributed by atoms with Gasteiger partial charge in [-0.25, -0.2) is 4.98 Å². The van der Waals surface area contributed by atoms with Crippen molar-refractivity contribution in [2.24, 2.45) is 0 Å². The van der Waals surface area contributed by atoms with E-state index in [1.807, 2.05) is 60.7 Å². The zero-order valence-electron chi connectivity index (χ0n) is 20.0. The van der Waals surface area contributed by atoms with E-state index in [4.69, 9.17) is 4.74 Å². The average Bonchev–Trinajstić information content (AvgIpc) is 3.70. The number of ether oxygens (including phenoxy) is 1. The third-order valence-corrected chi connectivity index (χ3v) is 7.38. The maximum atomic E-state index is 13.7. The third-order valence-electron chi connectivity index (χ3n) is 6.48. The highest BCUT2D eigenvalue weighted by Crippen LogP contribution is 2.37. The van der Waals surface area contributed by atoms with Crippen LogP contribution in [0.25, 0.3) is 54.9 Å². The highest BCUT2D eigenvalue weighted by molar-refractivity contribution is 7.14. The van der Waals surface area contributed by atoms with E-state index in [1.54, 1.807) is 18.6 Å². The lowest BCUT2D eigenvalue weighted by Crippen LogP contribution is -1.96. The normalized spacial score (nSPS) is 11.4. The molecule has 184 valence electrons.